The number of anilines is 1. The second kappa shape index (κ2) is 8.32. The highest BCUT2D eigenvalue weighted by molar-refractivity contribution is 6.00. The van der Waals surface area contributed by atoms with Crippen molar-refractivity contribution in [2.45, 2.75) is 19.3 Å². The zero-order valence-corrected chi connectivity index (χ0v) is 16.1. The second-order valence-electron chi connectivity index (χ2n) is 7.29. The van der Waals surface area contributed by atoms with Crippen LogP contribution in [0.25, 0.3) is 5.70 Å². The van der Waals surface area contributed by atoms with Crippen LogP contribution in [-0.4, -0.2) is 30.4 Å². The molecule has 29 heavy (non-hydrogen) atoms. The Morgan fingerprint density at radius 1 is 1.03 bits per heavy atom. The quantitative estimate of drug-likeness (QED) is 0.779. The van der Waals surface area contributed by atoms with Crippen LogP contribution < -0.4 is 4.90 Å². The Bertz CT molecular complexity index is 1010. The molecule has 1 saturated heterocycles. The van der Waals surface area contributed by atoms with Crippen LogP contribution in [0, 0.1) is 17.1 Å². The molecular weight excluding hydrogens is 365 g/mol. The minimum Gasteiger partial charge on any atom is -0.339 e. The van der Waals surface area contributed by atoms with E-state index in [4.69, 9.17) is 5.26 Å². The van der Waals surface area contributed by atoms with Gasteiger partial charge in [0.05, 0.1) is 5.56 Å². The summed E-state index contributed by atoms with van der Waals surface area (Å²) in [4.78, 5) is 17.0. The van der Waals surface area contributed by atoms with Gasteiger partial charge in [0.2, 0.25) is 0 Å². The minimum absolute atomic E-state index is 0.0107. The molecule has 2 aliphatic heterocycles. The van der Waals surface area contributed by atoms with Crippen molar-refractivity contribution in [1.82, 2.24) is 4.90 Å². The molecule has 0 aliphatic carbocycles. The number of halogens is 1. The maximum absolute atomic E-state index is 14.3. The van der Waals surface area contributed by atoms with Gasteiger partial charge in [0.15, 0.2) is 0 Å². The summed E-state index contributed by atoms with van der Waals surface area (Å²) in [7, 11) is 0. The van der Waals surface area contributed by atoms with Gasteiger partial charge in [-0.05, 0) is 49.6 Å². The molecule has 2 aromatic rings. The SMILES string of the molecule is N#Cc1ccc(C2=CC(C(=O)N3CCCCC3)=CCN2c2ccccc2)cc1F. The normalized spacial score (nSPS) is 16.7. The number of benzene rings is 2. The van der Waals surface area contributed by atoms with E-state index in [0.29, 0.717) is 17.7 Å². The van der Waals surface area contributed by atoms with E-state index in [0.717, 1.165) is 43.7 Å². The fourth-order valence-electron chi connectivity index (χ4n) is 3.86. The topological polar surface area (TPSA) is 47.3 Å². The zero-order valence-electron chi connectivity index (χ0n) is 16.1. The smallest absolute Gasteiger partial charge is 0.253 e. The van der Waals surface area contributed by atoms with Gasteiger partial charge in [-0.3, -0.25) is 4.79 Å². The highest BCUT2D eigenvalue weighted by Crippen LogP contribution is 2.31. The Kier molecular flexibility index (Phi) is 5.44. The number of amides is 1. The summed E-state index contributed by atoms with van der Waals surface area (Å²) in [5, 5.41) is 9.03. The lowest BCUT2D eigenvalue weighted by Gasteiger charge is -2.32. The molecule has 4 nitrogen and oxygen atoms in total. The lowest BCUT2D eigenvalue weighted by Crippen LogP contribution is -2.37. The molecule has 0 aromatic heterocycles. The van der Waals surface area contributed by atoms with Crippen molar-refractivity contribution in [2.75, 3.05) is 24.5 Å². The van der Waals surface area contributed by atoms with Gasteiger partial charge >= 0.3 is 0 Å². The molecule has 1 fully saturated rings. The minimum atomic E-state index is -0.558. The van der Waals surface area contributed by atoms with Crippen LogP contribution >= 0.6 is 0 Å². The van der Waals surface area contributed by atoms with E-state index in [1.54, 1.807) is 6.07 Å². The van der Waals surface area contributed by atoms with E-state index >= 15 is 0 Å². The van der Waals surface area contributed by atoms with Crippen molar-refractivity contribution in [3.8, 4) is 6.07 Å². The van der Waals surface area contributed by atoms with Gasteiger partial charge in [-0.15, -0.1) is 0 Å². The molecule has 0 bridgehead atoms. The Balaban J connectivity index is 1.72. The number of hydrogen-bond acceptors (Lipinski definition) is 3. The Morgan fingerprint density at radius 3 is 2.48 bits per heavy atom. The first-order valence-electron chi connectivity index (χ1n) is 9.91. The first-order valence-corrected chi connectivity index (χ1v) is 9.91. The first kappa shape index (κ1) is 18.9. The molecular formula is C24H22FN3O. The number of carbonyl (C=O) groups is 1. The fraction of sp³-hybridized carbons (Fsp3) is 0.250. The van der Waals surface area contributed by atoms with Gasteiger partial charge in [-0.25, -0.2) is 4.39 Å². The van der Waals surface area contributed by atoms with Crippen molar-refractivity contribution < 1.29 is 9.18 Å². The molecule has 4 rings (SSSR count). The molecule has 2 heterocycles. The fourth-order valence-corrected chi connectivity index (χ4v) is 3.86. The van der Waals surface area contributed by atoms with E-state index in [9.17, 15) is 9.18 Å². The molecule has 146 valence electrons. The highest BCUT2D eigenvalue weighted by Gasteiger charge is 2.25. The zero-order chi connectivity index (χ0) is 20.2. The Labute approximate surface area is 170 Å². The van der Waals surface area contributed by atoms with Crippen molar-refractivity contribution in [3.05, 3.63) is 83.2 Å². The average molecular weight is 387 g/mol. The summed E-state index contributed by atoms with van der Waals surface area (Å²) in [6, 6.07) is 16.3. The van der Waals surface area contributed by atoms with Crippen molar-refractivity contribution in [2.24, 2.45) is 0 Å². The Morgan fingerprint density at radius 2 is 1.79 bits per heavy atom. The second-order valence-corrected chi connectivity index (χ2v) is 7.29. The number of carbonyl (C=O) groups excluding carboxylic acids is 1. The lowest BCUT2D eigenvalue weighted by atomic mass is 10.00. The largest absolute Gasteiger partial charge is 0.339 e. The van der Waals surface area contributed by atoms with E-state index in [2.05, 4.69) is 0 Å². The maximum atomic E-state index is 14.3. The molecule has 2 aliphatic rings. The average Bonchev–Trinajstić information content (AvgIpc) is 2.79. The lowest BCUT2D eigenvalue weighted by molar-refractivity contribution is -0.127. The molecule has 1 amide bonds. The summed E-state index contributed by atoms with van der Waals surface area (Å²) < 4.78 is 14.3. The Hall–Kier alpha value is -3.39. The summed E-state index contributed by atoms with van der Waals surface area (Å²) >= 11 is 0. The highest BCUT2D eigenvalue weighted by atomic mass is 19.1. The molecule has 5 heteroatoms. The number of nitriles is 1. The molecule has 2 aromatic carbocycles. The van der Waals surface area contributed by atoms with Crippen LogP contribution in [0.1, 0.15) is 30.4 Å². The number of rotatable bonds is 3. The van der Waals surface area contributed by atoms with Crippen molar-refractivity contribution in [1.29, 1.82) is 5.26 Å². The van der Waals surface area contributed by atoms with E-state index in [1.807, 2.05) is 58.4 Å². The van der Waals surface area contributed by atoms with Gasteiger partial charge in [0.25, 0.3) is 5.91 Å². The van der Waals surface area contributed by atoms with E-state index in [1.165, 1.54) is 12.1 Å². The third-order valence-electron chi connectivity index (χ3n) is 5.42. The summed E-state index contributed by atoms with van der Waals surface area (Å²) in [5.41, 5.74) is 3.00. The van der Waals surface area contributed by atoms with Crippen molar-refractivity contribution in [3.63, 3.8) is 0 Å². The predicted octanol–water partition coefficient (Wildman–Crippen LogP) is 4.50. The van der Waals surface area contributed by atoms with Crippen LogP contribution in [-0.2, 0) is 4.79 Å². The van der Waals surface area contributed by atoms with Crippen LogP contribution in [0.15, 0.2) is 66.3 Å². The van der Waals surface area contributed by atoms with Crippen LogP contribution in [0.5, 0.6) is 0 Å². The molecule has 0 unspecified atom stereocenters. The van der Waals surface area contributed by atoms with Gasteiger partial charge in [0.1, 0.15) is 11.9 Å². The van der Waals surface area contributed by atoms with Gasteiger partial charge in [-0.2, -0.15) is 5.26 Å². The molecule has 0 spiro atoms. The van der Waals surface area contributed by atoms with E-state index < -0.39 is 5.82 Å². The van der Waals surface area contributed by atoms with Crippen molar-refractivity contribution >= 4 is 17.3 Å². The summed E-state index contributed by atoms with van der Waals surface area (Å²) in [6.45, 7) is 2.09. The molecule has 0 radical (unpaired) electrons. The van der Waals surface area contributed by atoms with Crippen LogP contribution in [0.3, 0.4) is 0 Å². The number of para-hydroxylation sites is 1. The monoisotopic (exact) mass is 387 g/mol. The van der Waals surface area contributed by atoms with Crippen LogP contribution in [0.2, 0.25) is 0 Å². The third kappa shape index (κ3) is 3.93. The first-order chi connectivity index (χ1) is 14.2. The third-order valence-corrected chi connectivity index (χ3v) is 5.42. The van der Waals surface area contributed by atoms with Gasteiger partial charge in [0, 0.05) is 42.2 Å². The number of likely N-dealkylation sites (tertiary alicyclic amines) is 1. The van der Waals surface area contributed by atoms with E-state index in [-0.39, 0.29) is 11.5 Å². The molecule has 0 atom stereocenters. The standard InChI is InChI=1S/C24H22FN3O/c25-22-15-18(9-10-20(22)17-26)23-16-19(24(29)27-12-5-2-6-13-27)11-14-28(23)21-7-3-1-4-8-21/h1,3-4,7-11,15-16H,2,5-6,12-14H2. The summed E-state index contributed by atoms with van der Waals surface area (Å²) in [6.07, 6.45) is 7.01. The molecule has 0 saturated carbocycles. The molecule has 0 N–H and O–H groups in total. The van der Waals surface area contributed by atoms with Crippen LogP contribution in [0.4, 0.5) is 10.1 Å². The summed E-state index contributed by atoms with van der Waals surface area (Å²) in [5.74, 6) is -0.526. The number of piperidine rings is 1. The number of nitrogens with zero attached hydrogens (tertiary/aromatic N) is 3. The van der Waals surface area contributed by atoms with Gasteiger partial charge in [-0.1, -0.05) is 30.3 Å². The number of hydrogen-bond donors (Lipinski definition) is 0. The predicted molar refractivity (Wildman–Crippen MR) is 111 cm³/mol. The van der Waals surface area contributed by atoms with Gasteiger partial charge < -0.3 is 9.80 Å². The maximum Gasteiger partial charge on any atom is 0.253 e.